The molecule has 2 aromatic carbocycles. The Morgan fingerprint density at radius 3 is 2.24 bits per heavy atom. The molecule has 4 rings (SSSR count). The fourth-order valence-electron chi connectivity index (χ4n) is 4.81. The Morgan fingerprint density at radius 1 is 1.03 bits per heavy atom. The maximum absolute atomic E-state index is 13.2. The van der Waals surface area contributed by atoms with E-state index in [4.69, 9.17) is 11.6 Å². The summed E-state index contributed by atoms with van der Waals surface area (Å²) in [7, 11) is 0. The van der Waals surface area contributed by atoms with E-state index < -0.39 is 22.4 Å². The van der Waals surface area contributed by atoms with Crippen molar-refractivity contribution in [3.05, 3.63) is 63.2 Å². The molecule has 208 valence electrons. The van der Waals surface area contributed by atoms with Crippen LogP contribution in [0.5, 0.6) is 0 Å². The number of carbonyl (C=O) groups is 1. The van der Waals surface area contributed by atoms with Crippen LogP contribution in [0.25, 0.3) is 0 Å². The van der Waals surface area contributed by atoms with Crippen LogP contribution in [0.3, 0.4) is 0 Å². The number of piperidine rings is 1. The molecule has 2 fully saturated rings. The lowest BCUT2D eigenvalue weighted by molar-refractivity contribution is -0.388. The minimum Gasteiger partial charge on any atom is -0.382 e. The van der Waals surface area contributed by atoms with Crippen molar-refractivity contribution in [3.63, 3.8) is 0 Å². The van der Waals surface area contributed by atoms with Gasteiger partial charge in [0.1, 0.15) is 5.56 Å². The molecule has 0 saturated carbocycles. The number of nitrogens with zero attached hydrogens (tertiary/aromatic N) is 4. The predicted octanol–water partition coefficient (Wildman–Crippen LogP) is 5.52. The molecule has 0 aliphatic carbocycles. The van der Waals surface area contributed by atoms with Crippen LogP contribution in [0.1, 0.15) is 32.3 Å². The van der Waals surface area contributed by atoms with Gasteiger partial charge in [-0.15, -0.1) is 0 Å². The summed E-state index contributed by atoms with van der Waals surface area (Å²) < 4.78 is 39.7. The molecule has 1 amide bonds. The lowest BCUT2D eigenvalue weighted by Gasteiger charge is -2.37. The number of nitro benzene ring substituents is 1. The SMILES string of the molecule is C.O=C(CCN1CCN(c2ccc(Cl)cc2)CC1)N1CCC(Nc2ccc([N+](=O)[O-])c(C(F)(F)F)c2)CC1. The van der Waals surface area contributed by atoms with Gasteiger partial charge in [0.2, 0.25) is 5.91 Å². The molecule has 0 atom stereocenters. The highest BCUT2D eigenvalue weighted by Gasteiger charge is 2.38. The molecule has 0 unspecified atom stereocenters. The average Bonchev–Trinajstić information content (AvgIpc) is 2.88. The molecule has 2 saturated heterocycles. The zero-order valence-electron chi connectivity index (χ0n) is 20.2. The third-order valence-electron chi connectivity index (χ3n) is 6.92. The lowest BCUT2D eigenvalue weighted by Crippen LogP contribution is -2.48. The van der Waals surface area contributed by atoms with Crippen LogP contribution in [0.2, 0.25) is 5.02 Å². The van der Waals surface area contributed by atoms with Gasteiger partial charge in [0.05, 0.1) is 4.92 Å². The molecule has 2 aliphatic rings. The Kier molecular flexibility index (Phi) is 9.83. The van der Waals surface area contributed by atoms with Crippen molar-refractivity contribution in [2.45, 2.75) is 38.9 Å². The third kappa shape index (κ3) is 7.50. The van der Waals surface area contributed by atoms with Crippen molar-refractivity contribution in [2.75, 3.05) is 56.0 Å². The second-order valence-corrected chi connectivity index (χ2v) is 9.78. The normalized spacial score (nSPS) is 17.2. The highest BCUT2D eigenvalue weighted by Crippen LogP contribution is 2.38. The quantitative estimate of drug-likeness (QED) is 0.358. The van der Waals surface area contributed by atoms with Crippen LogP contribution in [0.15, 0.2) is 42.5 Å². The summed E-state index contributed by atoms with van der Waals surface area (Å²) in [5.41, 5.74) is -0.922. The van der Waals surface area contributed by atoms with Crippen LogP contribution in [-0.4, -0.2) is 72.5 Å². The summed E-state index contributed by atoms with van der Waals surface area (Å²) in [4.78, 5) is 29.0. The van der Waals surface area contributed by atoms with Gasteiger partial charge >= 0.3 is 6.18 Å². The monoisotopic (exact) mass is 555 g/mol. The van der Waals surface area contributed by atoms with E-state index in [1.165, 1.54) is 6.07 Å². The van der Waals surface area contributed by atoms with E-state index >= 15 is 0 Å². The second kappa shape index (κ2) is 12.7. The number of anilines is 2. The van der Waals surface area contributed by atoms with Crippen LogP contribution in [0, 0.1) is 10.1 Å². The van der Waals surface area contributed by atoms with Gasteiger partial charge in [-0.2, -0.15) is 13.2 Å². The Balaban J connectivity index is 0.00000400. The van der Waals surface area contributed by atoms with E-state index in [0.29, 0.717) is 43.9 Å². The lowest BCUT2D eigenvalue weighted by atomic mass is 10.0. The van der Waals surface area contributed by atoms with Gasteiger partial charge in [0.15, 0.2) is 0 Å². The number of carbonyl (C=O) groups excluding carboxylic acids is 1. The molecule has 0 bridgehead atoms. The zero-order chi connectivity index (χ0) is 26.6. The molecule has 0 aromatic heterocycles. The Bertz CT molecular complexity index is 1100. The summed E-state index contributed by atoms with van der Waals surface area (Å²) in [5.74, 6) is 0.0771. The van der Waals surface area contributed by atoms with Crippen molar-refractivity contribution in [1.29, 1.82) is 0 Å². The first kappa shape index (κ1) is 29.5. The Hall–Kier alpha value is -3.05. The fourth-order valence-corrected chi connectivity index (χ4v) is 4.94. The van der Waals surface area contributed by atoms with Crippen molar-refractivity contribution in [3.8, 4) is 0 Å². The van der Waals surface area contributed by atoms with Gasteiger partial charge in [-0.05, 0) is 49.2 Å². The standard InChI is InChI=1S/C25H29ClF3N5O3.CH4/c26-18-1-4-21(5-2-18)32-15-13-31(14-16-32)10-9-24(35)33-11-7-19(8-12-33)30-20-3-6-23(34(36)37)22(17-20)25(27,28)29;/h1-6,17,19,30H,7-16H2;1H4. The third-order valence-corrected chi connectivity index (χ3v) is 7.18. The Labute approximate surface area is 225 Å². The minimum atomic E-state index is -4.82. The number of rotatable bonds is 7. The van der Waals surface area contributed by atoms with Gasteiger partial charge in [-0.3, -0.25) is 19.8 Å². The number of piperazine rings is 1. The molecule has 8 nitrogen and oxygen atoms in total. The second-order valence-electron chi connectivity index (χ2n) is 9.34. The smallest absolute Gasteiger partial charge is 0.382 e. The Morgan fingerprint density at radius 2 is 1.66 bits per heavy atom. The molecular weight excluding hydrogens is 523 g/mol. The molecular formula is C26H33ClF3N5O3. The maximum Gasteiger partial charge on any atom is 0.423 e. The van der Waals surface area contributed by atoms with E-state index in [1.807, 2.05) is 24.3 Å². The zero-order valence-corrected chi connectivity index (χ0v) is 21.0. The first-order chi connectivity index (χ1) is 17.6. The first-order valence-corrected chi connectivity index (χ1v) is 12.6. The molecule has 12 heteroatoms. The van der Waals surface area contributed by atoms with Gasteiger partial charge in [0.25, 0.3) is 5.69 Å². The average molecular weight is 556 g/mol. The number of alkyl halides is 3. The summed E-state index contributed by atoms with van der Waals surface area (Å²) >= 11 is 5.96. The largest absolute Gasteiger partial charge is 0.423 e. The molecule has 0 radical (unpaired) electrons. The summed E-state index contributed by atoms with van der Waals surface area (Å²) in [5, 5.41) is 14.7. The van der Waals surface area contributed by atoms with E-state index in [1.54, 1.807) is 4.90 Å². The van der Waals surface area contributed by atoms with Crippen molar-refractivity contribution >= 4 is 34.6 Å². The fraction of sp³-hybridized carbons (Fsp3) is 0.500. The number of benzene rings is 2. The number of halogens is 4. The van der Waals surface area contributed by atoms with E-state index in [2.05, 4.69) is 15.1 Å². The predicted molar refractivity (Wildman–Crippen MR) is 143 cm³/mol. The minimum absolute atomic E-state index is 0. The highest BCUT2D eigenvalue weighted by atomic mass is 35.5. The maximum atomic E-state index is 13.2. The highest BCUT2D eigenvalue weighted by molar-refractivity contribution is 6.30. The summed E-state index contributed by atoms with van der Waals surface area (Å²) in [6.07, 6.45) is -3.22. The number of nitro groups is 1. The van der Waals surface area contributed by atoms with Gasteiger partial charge in [-0.1, -0.05) is 19.0 Å². The van der Waals surface area contributed by atoms with E-state index in [-0.39, 0.29) is 25.1 Å². The molecule has 2 aliphatic heterocycles. The van der Waals surface area contributed by atoms with Crippen molar-refractivity contribution < 1.29 is 22.9 Å². The molecule has 0 spiro atoms. The first-order valence-electron chi connectivity index (χ1n) is 12.2. The number of hydrogen-bond acceptors (Lipinski definition) is 6. The van der Waals surface area contributed by atoms with E-state index in [9.17, 15) is 28.1 Å². The van der Waals surface area contributed by atoms with Gasteiger partial charge in [0, 0.05) is 80.7 Å². The molecule has 38 heavy (non-hydrogen) atoms. The topological polar surface area (TPSA) is 82.0 Å². The summed E-state index contributed by atoms with van der Waals surface area (Å²) in [6, 6.07) is 10.6. The number of nitrogens with one attached hydrogen (secondary N) is 1. The van der Waals surface area contributed by atoms with Crippen molar-refractivity contribution in [2.24, 2.45) is 0 Å². The molecule has 1 N–H and O–H groups in total. The van der Waals surface area contributed by atoms with Gasteiger partial charge < -0.3 is 15.1 Å². The van der Waals surface area contributed by atoms with Crippen molar-refractivity contribution in [1.82, 2.24) is 9.80 Å². The number of amides is 1. The molecule has 2 heterocycles. The number of hydrogen-bond donors (Lipinski definition) is 1. The van der Waals surface area contributed by atoms with Crippen LogP contribution in [0.4, 0.5) is 30.2 Å². The van der Waals surface area contributed by atoms with Gasteiger partial charge in [-0.25, -0.2) is 0 Å². The van der Waals surface area contributed by atoms with E-state index in [0.717, 1.165) is 44.0 Å². The number of likely N-dealkylation sites (tertiary alicyclic amines) is 1. The summed E-state index contributed by atoms with van der Waals surface area (Å²) in [6.45, 7) is 5.22. The van der Waals surface area contributed by atoms with Crippen LogP contribution in [-0.2, 0) is 11.0 Å². The molecule has 2 aromatic rings. The van der Waals surface area contributed by atoms with Crippen LogP contribution < -0.4 is 10.2 Å². The van der Waals surface area contributed by atoms with Crippen LogP contribution >= 0.6 is 11.6 Å².